The number of aromatic nitrogens is 2. The lowest BCUT2D eigenvalue weighted by atomic mass is 10.1. The van der Waals surface area contributed by atoms with Crippen LogP contribution < -0.4 is 0 Å². The SMILES string of the molecule is O=C1c2ccccc2C(=O)N1CCCc1nnc(-c2ccccc2)o1. The lowest BCUT2D eigenvalue weighted by Crippen LogP contribution is -2.30. The standard InChI is InChI=1S/C19H15N3O3/c23-18-14-9-4-5-10-15(14)19(24)22(18)12-6-11-16-20-21-17(25-16)13-7-2-1-3-8-13/h1-5,7-10H,6,11-12H2. The summed E-state index contributed by atoms with van der Waals surface area (Å²) in [6.45, 7) is 0.329. The molecule has 0 radical (unpaired) electrons. The Morgan fingerprint density at radius 1 is 0.840 bits per heavy atom. The quantitative estimate of drug-likeness (QED) is 0.671. The summed E-state index contributed by atoms with van der Waals surface area (Å²) < 4.78 is 5.64. The minimum absolute atomic E-state index is 0.240. The minimum Gasteiger partial charge on any atom is -0.421 e. The largest absolute Gasteiger partial charge is 0.421 e. The van der Waals surface area contributed by atoms with Crippen molar-refractivity contribution >= 4 is 11.8 Å². The van der Waals surface area contributed by atoms with E-state index in [0.29, 0.717) is 42.3 Å². The summed E-state index contributed by atoms with van der Waals surface area (Å²) in [5.74, 6) is 0.485. The van der Waals surface area contributed by atoms with Crippen molar-refractivity contribution in [2.45, 2.75) is 12.8 Å². The third-order valence-electron chi connectivity index (χ3n) is 4.14. The molecule has 0 aliphatic carbocycles. The van der Waals surface area contributed by atoms with Crippen molar-refractivity contribution in [3.8, 4) is 11.5 Å². The Labute approximate surface area is 144 Å². The molecule has 25 heavy (non-hydrogen) atoms. The molecule has 0 saturated heterocycles. The summed E-state index contributed by atoms with van der Waals surface area (Å²) in [6.07, 6.45) is 1.08. The second-order valence-corrected chi connectivity index (χ2v) is 5.78. The number of carbonyl (C=O) groups excluding carboxylic acids is 2. The van der Waals surface area contributed by atoms with E-state index in [-0.39, 0.29) is 11.8 Å². The van der Waals surface area contributed by atoms with E-state index in [0.717, 1.165) is 5.56 Å². The molecule has 0 bridgehead atoms. The zero-order chi connectivity index (χ0) is 17.2. The van der Waals surface area contributed by atoms with Crippen LogP contribution in [0.15, 0.2) is 59.0 Å². The van der Waals surface area contributed by atoms with Gasteiger partial charge in [-0.25, -0.2) is 0 Å². The average Bonchev–Trinajstić information content (AvgIpc) is 3.22. The van der Waals surface area contributed by atoms with Gasteiger partial charge in [0.05, 0.1) is 11.1 Å². The Hall–Kier alpha value is -3.28. The first kappa shape index (κ1) is 15.3. The van der Waals surface area contributed by atoms with Crippen LogP contribution in [0.25, 0.3) is 11.5 Å². The van der Waals surface area contributed by atoms with Crippen molar-refractivity contribution in [1.29, 1.82) is 0 Å². The molecule has 2 heterocycles. The first-order valence-electron chi connectivity index (χ1n) is 8.07. The average molecular weight is 333 g/mol. The van der Waals surface area contributed by atoms with Crippen molar-refractivity contribution in [2.75, 3.05) is 6.54 Å². The van der Waals surface area contributed by atoms with Gasteiger partial charge in [-0.1, -0.05) is 30.3 Å². The van der Waals surface area contributed by atoms with Crippen LogP contribution >= 0.6 is 0 Å². The molecule has 3 aromatic rings. The van der Waals surface area contributed by atoms with Gasteiger partial charge in [0.15, 0.2) is 0 Å². The summed E-state index contributed by atoms with van der Waals surface area (Å²) >= 11 is 0. The highest BCUT2D eigenvalue weighted by Gasteiger charge is 2.34. The normalized spacial score (nSPS) is 13.4. The molecule has 0 unspecified atom stereocenters. The third-order valence-corrected chi connectivity index (χ3v) is 4.14. The maximum Gasteiger partial charge on any atom is 0.261 e. The molecule has 1 aromatic heterocycles. The number of amides is 2. The lowest BCUT2D eigenvalue weighted by Gasteiger charge is -2.12. The van der Waals surface area contributed by atoms with Crippen molar-refractivity contribution in [1.82, 2.24) is 15.1 Å². The first-order valence-corrected chi connectivity index (χ1v) is 8.07. The van der Waals surface area contributed by atoms with E-state index in [1.165, 1.54) is 4.90 Å². The second kappa shape index (κ2) is 6.32. The van der Waals surface area contributed by atoms with Gasteiger partial charge in [0.2, 0.25) is 11.8 Å². The Morgan fingerprint density at radius 3 is 2.16 bits per heavy atom. The van der Waals surface area contributed by atoms with Crippen LogP contribution in [-0.4, -0.2) is 33.5 Å². The van der Waals surface area contributed by atoms with Gasteiger partial charge in [-0.15, -0.1) is 10.2 Å². The highest BCUT2D eigenvalue weighted by atomic mass is 16.4. The summed E-state index contributed by atoms with van der Waals surface area (Å²) in [7, 11) is 0. The molecule has 0 N–H and O–H groups in total. The van der Waals surface area contributed by atoms with Gasteiger partial charge in [-0.2, -0.15) is 0 Å². The highest BCUT2D eigenvalue weighted by Crippen LogP contribution is 2.23. The van der Waals surface area contributed by atoms with E-state index >= 15 is 0 Å². The summed E-state index contributed by atoms with van der Waals surface area (Å²) in [5.41, 5.74) is 1.80. The van der Waals surface area contributed by atoms with Gasteiger partial charge in [0.1, 0.15) is 0 Å². The van der Waals surface area contributed by atoms with Crippen LogP contribution in [0.1, 0.15) is 33.0 Å². The van der Waals surface area contributed by atoms with Gasteiger partial charge >= 0.3 is 0 Å². The molecule has 0 fully saturated rings. The van der Waals surface area contributed by atoms with Crippen molar-refractivity contribution in [3.05, 3.63) is 71.6 Å². The van der Waals surface area contributed by atoms with Gasteiger partial charge < -0.3 is 4.42 Å². The van der Waals surface area contributed by atoms with Gasteiger partial charge in [-0.05, 0) is 30.7 Å². The molecule has 6 heteroatoms. The van der Waals surface area contributed by atoms with E-state index in [4.69, 9.17) is 4.42 Å². The fourth-order valence-electron chi connectivity index (χ4n) is 2.88. The monoisotopic (exact) mass is 333 g/mol. The molecular weight excluding hydrogens is 318 g/mol. The molecule has 6 nitrogen and oxygen atoms in total. The van der Waals surface area contributed by atoms with Crippen molar-refractivity contribution in [2.24, 2.45) is 0 Å². The van der Waals surface area contributed by atoms with Crippen LogP contribution in [0.2, 0.25) is 0 Å². The third kappa shape index (κ3) is 2.82. The lowest BCUT2D eigenvalue weighted by molar-refractivity contribution is 0.0652. The summed E-state index contributed by atoms with van der Waals surface area (Å²) in [5, 5.41) is 8.06. The molecule has 1 aliphatic rings. The Balaban J connectivity index is 1.39. The molecule has 4 rings (SSSR count). The Kier molecular flexibility index (Phi) is 3.85. The number of carbonyl (C=O) groups is 2. The fraction of sp³-hybridized carbons (Fsp3) is 0.158. The van der Waals surface area contributed by atoms with Gasteiger partial charge in [-0.3, -0.25) is 14.5 Å². The first-order chi connectivity index (χ1) is 12.2. The smallest absolute Gasteiger partial charge is 0.261 e. The predicted octanol–water partition coefficient (Wildman–Crippen LogP) is 2.97. The van der Waals surface area contributed by atoms with Crippen molar-refractivity contribution in [3.63, 3.8) is 0 Å². The zero-order valence-corrected chi connectivity index (χ0v) is 13.4. The molecule has 0 atom stereocenters. The maximum atomic E-state index is 12.3. The van der Waals surface area contributed by atoms with Crippen LogP contribution in [0, 0.1) is 0 Å². The summed E-state index contributed by atoms with van der Waals surface area (Å²) in [4.78, 5) is 25.9. The molecule has 2 aromatic carbocycles. The number of aryl methyl sites for hydroxylation is 1. The van der Waals surface area contributed by atoms with Crippen LogP contribution in [0.4, 0.5) is 0 Å². The minimum atomic E-state index is -0.240. The van der Waals surface area contributed by atoms with E-state index < -0.39 is 0 Å². The number of fused-ring (bicyclic) bond motifs is 1. The van der Waals surface area contributed by atoms with Crippen LogP contribution in [0.5, 0.6) is 0 Å². The van der Waals surface area contributed by atoms with E-state index in [9.17, 15) is 9.59 Å². The van der Waals surface area contributed by atoms with Crippen molar-refractivity contribution < 1.29 is 14.0 Å². The number of nitrogens with zero attached hydrogens (tertiary/aromatic N) is 3. The van der Waals surface area contributed by atoms with Crippen LogP contribution in [-0.2, 0) is 6.42 Å². The Morgan fingerprint density at radius 2 is 1.48 bits per heavy atom. The highest BCUT2D eigenvalue weighted by molar-refractivity contribution is 6.21. The van der Waals surface area contributed by atoms with E-state index in [1.54, 1.807) is 24.3 Å². The number of hydrogen-bond donors (Lipinski definition) is 0. The number of hydrogen-bond acceptors (Lipinski definition) is 5. The Bertz CT molecular complexity index is 899. The number of rotatable bonds is 5. The molecule has 2 amide bonds. The zero-order valence-electron chi connectivity index (χ0n) is 13.4. The molecule has 1 aliphatic heterocycles. The molecular formula is C19H15N3O3. The predicted molar refractivity (Wildman–Crippen MR) is 89.9 cm³/mol. The topological polar surface area (TPSA) is 76.3 Å². The van der Waals surface area contributed by atoms with E-state index in [1.807, 2.05) is 30.3 Å². The number of imide groups is 1. The van der Waals surface area contributed by atoms with Crippen LogP contribution in [0.3, 0.4) is 0 Å². The molecule has 0 saturated carbocycles. The summed E-state index contributed by atoms with van der Waals surface area (Å²) in [6, 6.07) is 16.4. The number of benzene rings is 2. The van der Waals surface area contributed by atoms with Gasteiger partial charge in [0, 0.05) is 18.5 Å². The van der Waals surface area contributed by atoms with Gasteiger partial charge in [0.25, 0.3) is 11.8 Å². The molecule has 124 valence electrons. The molecule has 0 spiro atoms. The fourth-order valence-corrected chi connectivity index (χ4v) is 2.88. The second-order valence-electron chi connectivity index (χ2n) is 5.78. The van der Waals surface area contributed by atoms with E-state index in [2.05, 4.69) is 10.2 Å². The maximum absolute atomic E-state index is 12.3.